The van der Waals surface area contributed by atoms with E-state index in [1.54, 1.807) is 0 Å². The molecule has 0 unspecified atom stereocenters. The molecule has 3 saturated heterocycles. The number of carbonyl (C=O) groups excluding carboxylic acids is 2. The quantitative estimate of drug-likeness (QED) is 0.664. The fraction of sp³-hybridized carbons (Fsp3) is 0.826. The predicted octanol–water partition coefficient (Wildman–Crippen LogP) is 2.92. The third kappa shape index (κ3) is 3.59. The van der Waals surface area contributed by atoms with Crippen molar-refractivity contribution in [3.8, 4) is 0 Å². The van der Waals surface area contributed by atoms with E-state index in [1.807, 2.05) is 16.7 Å². The predicted molar refractivity (Wildman–Crippen MR) is 114 cm³/mol. The van der Waals surface area contributed by atoms with Crippen LogP contribution in [0.5, 0.6) is 0 Å². The van der Waals surface area contributed by atoms with Gasteiger partial charge in [-0.1, -0.05) is 6.08 Å². The van der Waals surface area contributed by atoms with E-state index in [2.05, 4.69) is 15.9 Å². The Bertz CT molecular complexity index is 713. The van der Waals surface area contributed by atoms with Gasteiger partial charge in [0.05, 0.1) is 12.6 Å². The summed E-state index contributed by atoms with van der Waals surface area (Å²) >= 11 is 0. The van der Waals surface area contributed by atoms with Crippen LogP contribution in [0, 0.1) is 5.41 Å². The number of nitrogens with zero attached hydrogens (tertiary/aromatic N) is 4. The number of urea groups is 1. The van der Waals surface area contributed by atoms with Crippen LogP contribution < -0.4 is 0 Å². The molecule has 1 atom stereocenters. The van der Waals surface area contributed by atoms with Crippen LogP contribution in [0.3, 0.4) is 0 Å². The molecule has 0 N–H and O–H groups in total. The van der Waals surface area contributed by atoms with Crippen molar-refractivity contribution < 1.29 is 14.3 Å². The van der Waals surface area contributed by atoms with Crippen LogP contribution in [0.2, 0.25) is 0 Å². The molecule has 1 saturated carbocycles. The minimum atomic E-state index is -0.141. The van der Waals surface area contributed by atoms with Crippen molar-refractivity contribution in [1.29, 1.82) is 0 Å². The van der Waals surface area contributed by atoms with E-state index in [0.29, 0.717) is 24.1 Å². The first-order valence-corrected chi connectivity index (χ1v) is 12.0. The molecule has 4 heterocycles. The minimum Gasteiger partial charge on any atom is -0.450 e. The Morgan fingerprint density at radius 2 is 1.93 bits per heavy atom. The van der Waals surface area contributed by atoms with Gasteiger partial charge in [0, 0.05) is 51.9 Å². The molecule has 1 aliphatic carbocycles. The molecule has 7 nitrogen and oxygen atoms in total. The average Bonchev–Trinajstić information content (AvgIpc) is 3.33. The summed E-state index contributed by atoms with van der Waals surface area (Å²) in [4.78, 5) is 33.4. The summed E-state index contributed by atoms with van der Waals surface area (Å²) in [6.07, 6.45) is 10.3. The molecule has 4 aliphatic heterocycles. The highest BCUT2D eigenvalue weighted by Crippen LogP contribution is 2.50. The number of amides is 3. The summed E-state index contributed by atoms with van der Waals surface area (Å²) in [5.41, 5.74) is 1.81. The second kappa shape index (κ2) is 8.06. The molecule has 0 bridgehead atoms. The van der Waals surface area contributed by atoms with Gasteiger partial charge in [-0.2, -0.15) is 0 Å². The number of carbonyl (C=O) groups is 2. The lowest BCUT2D eigenvalue weighted by molar-refractivity contribution is 0.00969. The summed E-state index contributed by atoms with van der Waals surface area (Å²) in [5, 5.41) is 0. The molecule has 0 aromatic heterocycles. The summed E-state index contributed by atoms with van der Waals surface area (Å²) in [5.74, 6) is 0. The highest BCUT2D eigenvalue weighted by Gasteiger charge is 2.51. The number of hydrogen-bond donors (Lipinski definition) is 0. The normalized spacial score (nSPS) is 34.0. The third-order valence-electron chi connectivity index (χ3n) is 8.15. The van der Waals surface area contributed by atoms with Crippen LogP contribution in [0.15, 0.2) is 11.6 Å². The molecule has 5 rings (SSSR count). The van der Waals surface area contributed by atoms with Crippen molar-refractivity contribution >= 4 is 12.1 Å². The van der Waals surface area contributed by atoms with E-state index in [4.69, 9.17) is 4.74 Å². The zero-order valence-electron chi connectivity index (χ0n) is 18.4. The lowest BCUT2D eigenvalue weighted by atomic mass is 9.64. The molecule has 5 aliphatic rings. The lowest BCUT2D eigenvalue weighted by Gasteiger charge is -2.51. The summed E-state index contributed by atoms with van der Waals surface area (Å²) in [7, 11) is 0. The topological polar surface area (TPSA) is 56.3 Å². The zero-order chi connectivity index (χ0) is 20.7. The van der Waals surface area contributed by atoms with Crippen molar-refractivity contribution in [1.82, 2.24) is 19.6 Å². The highest BCUT2D eigenvalue weighted by molar-refractivity contribution is 5.76. The van der Waals surface area contributed by atoms with Gasteiger partial charge >= 0.3 is 12.1 Å². The molecule has 166 valence electrons. The fourth-order valence-corrected chi connectivity index (χ4v) is 6.24. The van der Waals surface area contributed by atoms with Gasteiger partial charge in [-0.25, -0.2) is 9.59 Å². The van der Waals surface area contributed by atoms with Crippen LogP contribution in [-0.4, -0.2) is 96.2 Å². The van der Waals surface area contributed by atoms with Crippen LogP contribution in [0.25, 0.3) is 0 Å². The SMILES string of the molecule is CCOC(=O)N1CCC2(CC(N3CC=C([C@@H]4CCCN4C(=O)N4CCC4)CC3)C2)C1. The number of ether oxygens (including phenoxy) is 1. The monoisotopic (exact) mass is 416 g/mol. The molecule has 0 radical (unpaired) electrons. The van der Waals surface area contributed by atoms with Gasteiger partial charge in [0.2, 0.25) is 0 Å². The fourth-order valence-electron chi connectivity index (χ4n) is 6.24. The molecule has 7 heteroatoms. The van der Waals surface area contributed by atoms with Gasteiger partial charge in [0.15, 0.2) is 0 Å². The summed E-state index contributed by atoms with van der Waals surface area (Å²) < 4.78 is 5.18. The maximum atomic E-state index is 12.7. The molecule has 0 aromatic carbocycles. The van der Waals surface area contributed by atoms with Crippen LogP contribution in [0.4, 0.5) is 9.59 Å². The smallest absolute Gasteiger partial charge is 0.409 e. The zero-order valence-corrected chi connectivity index (χ0v) is 18.4. The molecule has 3 amide bonds. The van der Waals surface area contributed by atoms with Gasteiger partial charge in [0.1, 0.15) is 0 Å². The summed E-state index contributed by atoms with van der Waals surface area (Å²) in [6.45, 7) is 8.95. The molecule has 1 spiro atoms. The first-order valence-electron chi connectivity index (χ1n) is 12.0. The van der Waals surface area contributed by atoms with E-state index >= 15 is 0 Å². The first kappa shape index (κ1) is 20.2. The maximum Gasteiger partial charge on any atom is 0.409 e. The van der Waals surface area contributed by atoms with Crippen molar-refractivity contribution in [3.63, 3.8) is 0 Å². The Kier molecular flexibility index (Phi) is 5.42. The third-order valence-corrected chi connectivity index (χ3v) is 8.15. The van der Waals surface area contributed by atoms with Gasteiger partial charge in [-0.3, -0.25) is 4.90 Å². The Hall–Kier alpha value is -1.76. The number of likely N-dealkylation sites (tertiary alicyclic amines) is 3. The van der Waals surface area contributed by atoms with Crippen molar-refractivity contribution in [3.05, 3.63) is 11.6 Å². The Balaban J connectivity index is 1.12. The second-order valence-corrected chi connectivity index (χ2v) is 9.93. The first-order chi connectivity index (χ1) is 14.6. The van der Waals surface area contributed by atoms with E-state index in [-0.39, 0.29) is 12.1 Å². The second-order valence-electron chi connectivity index (χ2n) is 9.93. The van der Waals surface area contributed by atoms with E-state index in [9.17, 15) is 9.59 Å². The van der Waals surface area contributed by atoms with Crippen molar-refractivity contribution in [2.75, 3.05) is 52.4 Å². The Morgan fingerprint density at radius 3 is 2.60 bits per heavy atom. The van der Waals surface area contributed by atoms with Gasteiger partial charge in [-0.15, -0.1) is 0 Å². The van der Waals surface area contributed by atoms with Crippen LogP contribution in [0.1, 0.15) is 51.9 Å². The maximum absolute atomic E-state index is 12.7. The molecule has 4 fully saturated rings. The molecule has 30 heavy (non-hydrogen) atoms. The van der Waals surface area contributed by atoms with Gasteiger partial charge in [0.25, 0.3) is 0 Å². The average molecular weight is 417 g/mol. The number of hydrogen-bond acceptors (Lipinski definition) is 4. The summed E-state index contributed by atoms with van der Waals surface area (Å²) in [6, 6.07) is 1.24. The largest absolute Gasteiger partial charge is 0.450 e. The molecular weight excluding hydrogens is 380 g/mol. The highest BCUT2D eigenvalue weighted by atomic mass is 16.6. The Morgan fingerprint density at radius 1 is 1.10 bits per heavy atom. The number of rotatable bonds is 3. The molecule has 0 aromatic rings. The standard InChI is InChI=1S/C23H36N4O3/c1-2-30-22(29)26-14-8-23(17-26)15-19(16-23)24-12-6-18(7-13-24)20-5-3-11-27(20)21(28)25-9-4-10-25/h6,19-20H,2-5,7-17H2,1H3/t19?,20-,23?/m0/s1. The Labute approximate surface area is 180 Å². The van der Waals surface area contributed by atoms with E-state index < -0.39 is 0 Å². The van der Waals surface area contributed by atoms with Gasteiger partial charge in [-0.05, 0) is 62.9 Å². The minimum absolute atomic E-state index is 0.141. The molecular formula is C23H36N4O3. The van der Waals surface area contributed by atoms with Gasteiger partial charge < -0.3 is 19.4 Å². The van der Waals surface area contributed by atoms with Crippen molar-refractivity contribution in [2.45, 2.75) is 64.0 Å². The lowest BCUT2D eigenvalue weighted by Crippen LogP contribution is -2.54. The van der Waals surface area contributed by atoms with E-state index in [1.165, 1.54) is 18.4 Å². The van der Waals surface area contributed by atoms with Crippen LogP contribution in [-0.2, 0) is 4.74 Å². The van der Waals surface area contributed by atoms with Crippen molar-refractivity contribution in [2.24, 2.45) is 5.41 Å². The van der Waals surface area contributed by atoms with Crippen LogP contribution >= 0.6 is 0 Å². The van der Waals surface area contributed by atoms with E-state index in [0.717, 1.165) is 77.9 Å².